The van der Waals surface area contributed by atoms with Crippen LogP contribution in [0.15, 0.2) is 34.9 Å². The van der Waals surface area contributed by atoms with Gasteiger partial charge in [-0.05, 0) is 24.5 Å². The zero-order valence-electron chi connectivity index (χ0n) is 8.46. The van der Waals surface area contributed by atoms with Crippen molar-refractivity contribution in [2.75, 3.05) is 14.2 Å². The maximum atomic E-state index is 5.33. The van der Waals surface area contributed by atoms with E-state index < -0.39 is 0 Å². The second-order valence-electron chi connectivity index (χ2n) is 3.24. The van der Waals surface area contributed by atoms with E-state index in [9.17, 15) is 0 Å². The SMILES string of the molecule is COC1=CCCC2=C1C(OC)=CN[CH]2. The second-order valence-corrected chi connectivity index (χ2v) is 3.24. The molecule has 0 unspecified atom stereocenters. The van der Waals surface area contributed by atoms with Crippen molar-refractivity contribution in [2.24, 2.45) is 0 Å². The van der Waals surface area contributed by atoms with Gasteiger partial charge in [0.1, 0.15) is 11.5 Å². The lowest BCUT2D eigenvalue weighted by molar-refractivity contribution is 0.263. The molecule has 2 aliphatic rings. The van der Waals surface area contributed by atoms with Gasteiger partial charge in [0, 0.05) is 6.20 Å². The van der Waals surface area contributed by atoms with Crippen molar-refractivity contribution < 1.29 is 9.47 Å². The number of nitrogens with one attached hydrogen (secondary N) is 1. The Morgan fingerprint density at radius 2 is 2.00 bits per heavy atom. The summed E-state index contributed by atoms with van der Waals surface area (Å²) in [6.07, 6.45) is 6.01. The third-order valence-electron chi connectivity index (χ3n) is 2.47. The van der Waals surface area contributed by atoms with Crippen LogP contribution in [-0.4, -0.2) is 14.2 Å². The molecule has 1 aliphatic heterocycles. The fourth-order valence-electron chi connectivity index (χ4n) is 1.80. The van der Waals surface area contributed by atoms with Gasteiger partial charge >= 0.3 is 0 Å². The van der Waals surface area contributed by atoms with Crippen molar-refractivity contribution >= 4 is 0 Å². The lowest BCUT2D eigenvalue weighted by atomic mass is 9.93. The van der Waals surface area contributed by atoms with Gasteiger partial charge in [-0.15, -0.1) is 0 Å². The highest BCUT2D eigenvalue weighted by atomic mass is 16.5. The molecule has 14 heavy (non-hydrogen) atoms. The number of allylic oxidation sites excluding steroid dienone is 1. The minimum Gasteiger partial charge on any atom is -0.496 e. The van der Waals surface area contributed by atoms with Crippen molar-refractivity contribution in [3.63, 3.8) is 0 Å². The molecule has 1 radical (unpaired) electrons. The normalized spacial score (nSPS) is 20.4. The summed E-state index contributed by atoms with van der Waals surface area (Å²) in [4.78, 5) is 0. The van der Waals surface area contributed by atoms with Crippen LogP contribution >= 0.6 is 0 Å². The van der Waals surface area contributed by atoms with Crippen LogP contribution in [0.25, 0.3) is 0 Å². The molecule has 0 saturated heterocycles. The Hall–Kier alpha value is -1.38. The van der Waals surface area contributed by atoms with Crippen LogP contribution in [0, 0.1) is 6.54 Å². The third-order valence-corrected chi connectivity index (χ3v) is 2.47. The predicted octanol–water partition coefficient (Wildman–Crippen LogP) is 1.86. The minimum absolute atomic E-state index is 0.843. The first-order chi connectivity index (χ1) is 6.86. The number of methoxy groups -OCH3 is 2. The van der Waals surface area contributed by atoms with E-state index in [0.29, 0.717) is 0 Å². The van der Waals surface area contributed by atoms with Gasteiger partial charge in [-0.25, -0.2) is 0 Å². The summed E-state index contributed by atoms with van der Waals surface area (Å²) in [5, 5.41) is 3.08. The zero-order valence-corrected chi connectivity index (χ0v) is 8.46. The van der Waals surface area contributed by atoms with Crippen molar-refractivity contribution in [1.82, 2.24) is 5.32 Å². The maximum absolute atomic E-state index is 5.33. The van der Waals surface area contributed by atoms with E-state index in [4.69, 9.17) is 9.47 Å². The molecule has 0 saturated carbocycles. The maximum Gasteiger partial charge on any atom is 0.145 e. The Labute approximate surface area is 84.1 Å². The van der Waals surface area contributed by atoms with E-state index in [0.717, 1.165) is 29.9 Å². The Bertz CT molecular complexity index is 296. The van der Waals surface area contributed by atoms with E-state index in [1.165, 1.54) is 5.57 Å². The van der Waals surface area contributed by atoms with Crippen LogP contribution in [-0.2, 0) is 9.47 Å². The Morgan fingerprint density at radius 3 is 2.71 bits per heavy atom. The lowest BCUT2D eigenvalue weighted by Crippen LogP contribution is -2.18. The Balaban J connectivity index is 2.38. The number of hydrogen-bond donors (Lipinski definition) is 1. The molecule has 3 heteroatoms. The van der Waals surface area contributed by atoms with E-state index >= 15 is 0 Å². The van der Waals surface area contributed by atoms with Gasteiger partial charge in [0.25, 0.3) is 0 Å². The van der Waals surface area contributed by atoms with Gasteiger partial charge < -0.3 is 14.8 Å². The van der Waals surface area contributed by atoms with Crippen LogP contribution in [0.5, 0.6) is 0 Å². The third kappa shape index (κ3) is 1.39. The molecule has 0 aromatic heterocycles. The molecule has 3 nitrogen and oxygen atoms in total. The first-order valence-corrected chi connectivity index (χ1v) is 4.68. The molecule has 75 valence electrons. The number of hydrogen-bond acceptors (Lipinski definition) is 3. The monoisotopic (exact) mass is 192 g/mol. The fraction of sp³-hybridized carbons (Fsp3) is 0.364. The molecule has 1 N–H and O–H groups in total. The van der Waals surface area contributed by atoms with Gasteiger partial charge in [-0.2, -0.15) is 0 Å². The van der Waals surface area contributed by atoms with Crippen molar-refractivity contribution in [1.29, 1.82) is 0 Å². The van der Waals surface area contributed by atoms with Gasteiger partial charge in [0.05, 0.1) is 26.3 Å². The fourth-order valence-corrected chi connectivity index (χ4v) is 1.80. The largest absolute Gasteiger partial charge is 0.496 e. The smallest absolute Gasteiger partial charge is 0.145 e. The highest BCUT2D eigenvalue weighted by Gasteiger charge is 2.23. The van der Waals surface area contributed by atoms with Crippen molar-refractivity contribution in [3.8, 4) is 0 Å². The Morgan fingerprint density at radius 1 is 1.21 bits per heavy atom. The zero-order chi connectivity index (χ0) is 9.97. The topological polar surface area (TPSA) is 30.5 Å². The van der Waals surface area contributed by atoms with Crippen LogP contribution in [0.3, 0.4) is 0 Å². The highest BCUT2D eigenvalue weighted by Crippen LogP contribution is 2.33. The molecule has 0 fully saturated rings. The summed E-state index contributed by atoms with van der Waals surface area (Å²) >= 11 is 0. The molecule has 0 spiro atoms. The van der Waals surface area contributed by atoms with Crippen molar-refractivity contribution in [2.45, 2.75) is 12.8 Å². The van der Waals surface area contributed by atoms with Crippen LogP contribution < -0.4 is 5.32 Å². The number of ether oxygens (including phenoxy) is 2. The van der Waals surface area contributed by atoms with E-state index in [1.807, 2.05) is 12.7 Å². The summed E-state index contributed by atoms with van der Waals surface area (Å²) in [6, 6.07) is 0. The molecule has 2 rings (SSSR count). The average Bonchev–Trinajstić information content (AvgIpc) is 2.27. The number of rotatable bonds is 2. The van der Waals surface area contributed by atoms with E-state index in [2.05, 4.69) is 11.4 Å². The first-order valence-electron chi connectivity index (χ1n) is 4.68. The lowest BCUT2D eigenvalue weighted by Gasteiger charge is -2.25. The van der Waals surface area contributed by atoms with Gasteiger partial charge in [0.15, 0.2) is 0 Å². The molecular weight excluding hydrogens is 178 g/mol. The summed E-state index contributed by atoms with van der Waals surface area (Å²) in [6.45, 7) is 2.00. The predicted molar refractivity (Wildman–Crippen MR) is 53.9 cm³/mol. The van der Waals surface area contributed by atoms with E-state index in [1.54, 1.807) is 14.2 Å². The quantitative estimate of drug-likeness (QED) is 0.724. The molecule has 0 amide bonds. The molecule has 0 aromatic rings. The number of dihydropyridines is 1. The summed E-state index contributed by atoms with van der Waals surface area (Å²) in [7, 11) is 3.36. The summed E-state index contributed by atoms with van der Waals surface area (Å²) in [5.74, 6) is 1.76. The van der Waals surface area contributed by atoms with Crippen molar-refractivity contribution in [3.05, 3.63) is 41.5 Å². The van der Waals surface area contributed by atoms with Crippen LogP contribution in [0.4, 0.5) is 0 Å². The Kier molecular flexibility index (Phi) is 2.48. The summed E-state index contributed by atoms with van der Waals surface area (Å²) in [5.41, 5.74) is 2.34. The first kappa shape index (κ1) is 9.19. The molecule has 1 aliphatic carbocycles. The molecule has 0 bridgehead atoms. The summed E-state index contributed by atoms with van der Waals surface area (Å²) < 4.78 is 10.6. The van der Waals surface area contributed by atoms with E-state index in [-0.39, 0.29) is 0 Å². The van der Waals surface area contributed by atoms with Gasteiger partial charge in [0.2, 0.25) is 0 Å². The minimum atomic E-state index is 0.843. The standard InChI is InChI=1S/C11H14NO2/c1-13-9-5-3-4-8-6-12-7-10(14-2)11(8)9/h5-7,12H,3-4H2,1-2H3. The van der Waals surface area contributed by atoms with Gasteiger partial charge in [-0.1, -0.05) is 0 Å². The van der Waals surface area contributed by atoms with Crippen LogP contribution in [0.2, 0.25) is 0 Å². The molecular formula is C11H14NO2. The molecule has 0 atom stereocenters. The average molecular weight is 192 g/mol. The highest BCUT2D eigenvalue weighted by molar-refractivity contribution is 5.50. The molecule has 0 aromatic carbocycles. The van der Waals surface area contributed by atoms with Gasteiger partial charge in [-0.3, -0.25) is 0 Å². The van der Waals surface area contributed by atoms with Crippen LogP contribution in [0.1, 0.15) is 12.8 Å². The second kappa shape index (κ2) is 3.78. The molecule has 1 heterocycles.